The van der Waals surface area contributed by atoms with Gasteiger partial charge in [-0.05, 0) is 24.6 Å². The second-order valence-electron chi connectivity index (χ2n) is 4.78. The Labute approximate surface area is 117 Å². The predicted octanol–water partition coefficient (Wildman–Crippen LogP) is 1.81. The molecule has 0 aromatic heterocycles. The maximum absolute atomic E-state index is 13.2. The zero-order valence-electron chi connectivity index (χ0n) is 11.5. The minimum absolute atomic E-state index is 0.0647. The van der Waals surface area contributed by atoms with E-state index in [1.165, 1.54) is 6.07 Å². The largest absolute Gasteiger partial charge is 0.508 e. The molecule has 1 fully saturated rings. The highest BCUT2D eigenvalue weighted by Gasteiger charge is 2.21. The van der Waals surface area contributed by atoms with E-state index in [0.29, 0.717) is 39.3 Å². The first-order chi connectivity index (χ1) is 9.58. The fourth-order valence-corrected chi connectivity index (χ4v) is 2.29. The van der Waals surface area contributed by atoms with Gasteiger partial charge in [0.25, 0.3) is 0 Å². The molecule has 1 amide bonds. The van der Waals surface area contributed by atoms with Crippen LogP contribution in [0.5, 0.6) is 5.75 Å². The van der Waals surface area contributed by atoms with Gasteiger partial charge in [0, 0.05) is 38.8 Å². The van der Waals surface area contributed by atoms with E-state index in [4.69, 9.17) is 4.74 Å². The summed E-state index contributed by atoms with van der Waals surface area (Å²) in [5.41, 5.74) is 0.729. The summed E-state index contributed by atoms with van der Waals surface area (Å²) in [5, 5.41) is 9.37. The molecule has 1 aromatic carbocycles. The summed E-state index contributed by atoms with van der Waals surface area (Å²) in [7, 11) is 0. The van der Waals surface area contributed by atoms with E-state index in [1.54, 1.807) is 17.9 Å². The zero-order valence-corrected chi connectivity index (χ0v) is 11.5. The van der Waals surface area contributed by atoms with E-state index in [1.807, 2.05) is 0 Å². The molecule has 5 nitrogen and oxygen atoms in total. The van der Waals surface area contributed by atoms with Gasteiger partial charge in [0.2, 0.25) is 0 Å². The van der Waals surface area contributed by atoms with Crippen LogP contribution in [0.4, 0.5) is 9.18 Å². The van der Waals surface area contributed by atoms with Gasteiger partial charge in [-0.15, -0.1) is 0 Å². The lowest BCUT2D eigenvalue weighted by Gasteiger charge is -2.34. The number of aromatic hydroxyl groups is 1. The Hall–Kier alpha value is -1.82. The van der Waals surface area contributed by atoms with Crippen molar-refractivity contribution < 1.29 is 19.0 Å². The lowest BCUT2D eigenvalue weighted by Crippen LogP contribution is -2.48. The highest BCUT2D eigenvalue weighted by Crippen LogP contribution is 2.17. The number of nitrogens with zero attached hydrogens (tertiary/aromatic N) is 2. The Bertz CT molecular complexity index is 453. The Balaban J connectivity index is 1.86. The van der Waals surface area contributed by atoms with E-state index in [2.05, 4.69) is 4.90 Å². The second-order valence-corrected chi connectivity index (χ2v) is 4.78. The van der Waals surface area contributed by atoms with Gasteiger partial charge < -0.3 is 14.7 Å². The normalized spacial score (nSPS) is 16.2. The molecule has 0 bridgehead atoms. The van der Waals surface area contributed by atoms with Crippen LogP contribution in [0.15, 0.2) is 18.2 Å². The van der Waals surface area contributed by atoms with Gasteiger partial charge in [-0.25, -0.2) is 9.18 Å². The molecule has 0 unspecified atom stereocenters. The number of rotatable bonds is 3. The van der Waals surface area contributed by atoms with Gasteiger partial charge in [0.15, 0.2) is 0 Å². The summed E-state index contributed by atoms with van der Waals surface area (Å²) in [6, 6.07) is 4.06. The molecule has 1 aliphatic heterocycles. The van der Waals surface area contributed by atoms with Crippen molar-refractivity contribution in [2.75, 3.05) is 32.8 Å². The minimum Gasteiger partial charge on any atom is -0.508 e. The third kappa shape index (κ3) is 3.84. The zero-order chi connectivity index (χ0) is 14.5. The van der Waals surface area contributed by atoms with Crippen LogP contribution < -0.4 is 0 Å². The number of carbonyl (C=O) groups excluding carboxylic acids is 1. The molecule has 0 atom stereocenters. The molecule has 1 aliphatic rings. The van der Waals surface area contributed by atoms with Gasteiger partial charge >= 0.3 is 6.09 Å². The molecule has 110 valence electrons. The highest BCUT2D eigenvalue weighted by atomic mass is 19.1. The quantitative estimate of drug-likeness (QED) is 0.918. The maximum atomic E-state index is 13.2. The van der Waals surface area contributed by atoms with Crippen molar-refractivity contribution in [3.8, 4) is 5.75 Å². The van der Waals surface area contributed by atoms with Gasteiger partial charge in [-0.3, -0.25) is 4.90 Å². The van der Waals surface area contributed by atoms with E-state index in [0.717, 1.165) is 11.6 Å². The minimum atomic E-state index is -0.440. The first-order valence-electron chi connectivity index (χ1n) is 6.71. The summed E-state index contributed by atoms with van der Waals surface area (Å²) in [6.45, 7) is 5.32. The molecule has 0 aliphatic carbocycles. The van der Waals surface area contributed by atoms with Crippen molar-refractivity contribution in [2.45, 2.75) is 13.5 Å². The third-order valence-electron chi connectivity index (χ3n) is 3.25. The molecule has 1 N–H and O–H groups in total. The van der Waals surface area contributed by atoms with Crippen LogP contribution >= 0.6 is 0 Å². The number of carbonyl (C=O) groups is 1. The Morgan fingerprint density at radius 3 is 2.60 bits per heavy atom. The SMILES string of the molecule is CCOC(=O)N1CCN(Cc2cc(O)cc(F)c2)CC1. The van der Waals surface area contributed by atoms with Crippen molar-refractivity contribution >= 4 is 6.09 Å². The maximum Gasteiger partial charge on any atom is 0.409 e. The number of amides is 1. The third-order valence-corrected chi connectivity index (χ3v) is 3.25. The summed E-state index contributed by atoms with van der Waals surface area (Å²) >= 11 is 0. The molecular formula is C14H19FN2O3. The summed E-state index contributed by atoms with van der Waals surface area (Å²) < 4.78 is 18.1. The number of phenolic OH excluding ortho intramolecular Hbond substituents is 1. The number of ether oxygens (including phenoxy) is 1. The monoisotopic (exact) mass is 282 g/mol. The first kappa shape index (κ1) is 14.6. The molecule has 6 heteroatoms. The predicted molar refractivity (Wildman–Crippen MR) is 71.9 cm³/mol. The first-order valence-corrected chi connectivity index (χ1v) is 6.71. The van der Waals surface area contributed by atoms with Crippen LogP contribution in [0.1, 0.15) is 12.5 Å². The Kier molecular flexibility index (Phi) is 4.79. The number of benzene rings is 1. The average Bonchev–Trinajstić information content (AvgIpc) is 2.38. The van der Waals surface area contributed by atoms with Crippen molar-refractivity contribution in [1.82, 2.24) is 9.80 Å². The molecule has 2 rings (SSSR count). The lowest BCUT2D eigenvalue weighted by molar-refractivity contribution is 0.0778. The van der Waals surface area contributed by atoms with Crippen molar-refractivity contribution in [1.29, 1.82) is 0 Å². The molecule has 1 saturated heterocycles. The lowest BCUT2D eigenvalue weighted by atomic mass is 10.2. The van der Waals surface area contributed by atoms with Gasteiger partial charge in [-0.1, -0.05) is 0 Å². The fraction of sp³-hybridized carbons (Fsp3) is 0.500. The van der Waals surface area contributed by atoms with Gasteiger partial charge in [-0.2, -0.15) is 0 Å². The van der Waals surface area contributed by atoms with Crippen LogP contribution in [0, 0.1) is 5.82 Å². The molecule has 0 spiro atoms. The van der Waals surface area contributed by atoms with Crippen LogP contribution in [-0.4, -0.2) is 53.8 Å². The van der Waals surface area contributed by atoms with Crippen LogP contribution in [0.25, 0.3) is 0 Å². The van der Waals surface area contributed by atoms with E-state index < -0.39 is 5.82 Å². The highest BCUT2D eigenvalue weighted by molar-refractivity contribution is 5.67. The fourth-order valence-electron chi connectivity index (χ4n) is 2.29. The van der Waals surface area contributed by atoms with E-state index in [-0.39, 0.29) is 11.8 Å². The van der Waals surface area contributed by atoms with Crippen molar-refractivity contribution in [2.24, 2.45) is 0 Å². The van der Waals surface area contributed by atoms with Crippen LogP contribution in [0.2, 0.25) is 0 Å². The number of hydrogen-bond acceptors (Lipinski definition) is 4. The summed E-state index contributed by atoms with van der Waals surface area (Å²) in [4.78, 5) is 15.3. The Morgan fingerprint density at radius 1 is 1.30 bits per heavy atom. The van der Waals surface area contributed by atoms with E-state index in [9.17, 15) is 14.3 Å². The summed E-state index contributed by atoms with van der Waals surface area (Å²) in [5.74, 6) is -0.504. The van der Waals surface area contributed by atoms with Gasteiger partial charge in [0.05, 0.1) is 6.61 Å². The van der Waals surface area contributed by atoms with Gasteiger partial charge in [0.1, 0.15) is 11.6 Å². The van der Waals surface area contributed by atoms with E-state index >= 15 is 0 Å². The molecule has 0 radical (unpaired) electrons. The summed E-state index contributed by atoms with van der Waals surface area (Å²) in [6.07, 6.45) is -0.282. The Morgan fingerprint density at radius 2 is 2.00 bits per heavy atom. The van der Waals surface area contributed by atoms with Crippen molar-refractivity contribution in [3.05, 3.63) is 29.6 Å². The number of halogens is 1. The molecule has 20 heavy (non-hydrogen) atoms. The number of piperazine rings is 1. The molecular weight excluding hydrogens is 263 g/mol. The topological polar surface area (TPSA) is 53.0 Å². The number of hydrogen-bond donors (Lipinski definition) is 1. The number of phenols is 1. The van der Waals surface area contributed by atoms with Crippen LogP contribution in [0.3, 0.4) is 0 Å². The van der Waals surface area contributed by atoms with Crippen molar-refractivity contribution in [3.63, 3.8) is 0 Å². The second kappa shape index (κ2) is 6.56. The standard InChI is InChI=1S/C14H19FN2O3/c1-2-20-14(19)17-5-3-16(4-6-17)10-11-7-12(15)9-13(18)8-11/h7-9,18H,2-6,10H2,1H3. The average molecular weight is 282 g/mol. The molecule has 1 aromatic rings. The van der Waals surface area contributed by atoms with Crippen LogP contribution in [-0.2, 0) is 11.3 Å². The molecule has 0 saturated carbocycles. The smallest absolute Gasteiger partial charge is 0.409 e. The molecule has 1 heterocycles.